The standard InChI is InChI=1S/C12H18N2O/c1-10(7-11(2)8-13)5-6-14-12(3)9-15-4/h7,14H,2-3,5-6,9H2,1,4H3/b10-7+. The summed E-state index contributed by atoms with van der Waals surface area (Å²) in [7, 11) is 1.63. The molecule has 0 aromatic carbocycles. The summed E-state index contributed by atoms with van der Waals surface area (Å²) >= 11 is 0. The zero-order valence-electron chi connectivity index (χ0n) is 9.47. The Hall–Kier alpha value is -1.53. The van der Waals surface area contributed by atoms with Crippen LogP contribution in [0.4, 0.5) is 0 Å². The molecule has 0 heterocycles. The first kappa shape index (κ1) is 13.5. The van der Waals surface area contributed by atoms with Crippen LogP contribution in [0.15, 0.2) is 36.1 Å². The van der Waals surface area contributed by atoms with Crippen LogP contribution in [0.3, 0.4) is 0 Å². The predicted molar refractivity (Wildman–Crippen MR) is 62.1 cm³/mol. The van der Waals surface area contributed by atoms with E-state index in [1.54, 1.807) is 13.2 Å². The van der Waals surface area contributed by atoms with E-state index in [0.29, 0.717) is 12.2 Å². The average molecular weight is 206 g/mol. The molecule has 1 N–H and O–H groups in total. The molecule has 0 aliphatic carbocycles. The molecule has 0 amide bonds. The maximum Gasteiger partial charge on any atom is 0.0985 e. The number of methoxy groups -OCH3 is 1. The van der Waals surface area contributed by atoms with Gasteiger partial charge in [0.15, 0.2) is 0 Å². The Morgan fingerprint density at radius 3 is 2.73 bits per heavy atom. The molecule has 0 bridgehead atoms. The van der Waals surface area contributed by atoms with Gasteiger partial charge in [0.2, 0.25) is 0 Å². The summed E-state index contributed by atoms with van der Waals surface area (Å²) in [6.07, 6.45) is 2.66. The summed E-state index contributed by atoms with van der Waals surface area (Å²) in [5.41, 5.74) is 2.48. The SMILES string of the molecule is C=C(C#N)/C=C(\C)CCNC(=C)COC. The molecule has 0 rings (SSSR count). The molecule has 0 aromatic heterocycles. The lowest BCUT2D eigenvalue weighted by molar-refractivity contribution is 0.220. The largest absolute Gasteiger partial charge is 0.387 e. The highest BCUT2D eigenvalue weighted by Gasteiger charge is 1.94. The molecule has 0 saturated heterocycles. The second kappa shape index (κ2) is 7.84. The van der Waals surface area contributed by atoms with Gasteiger partial charge in [0.25, 0.3) is 0 Å². The number of ether oxygens (including phenoxy) is 1. The number of rotatable bonds is 7. The molecule has 0 atom stereocenters. The van der Waals surface area contributed by atoms with Crippen LogP contribution < -0.4 is 5.32 Å². The Labute approximate surface area is 91.7 Å². The third kappa shape index (κ3) is 7.53. The topological polar surface area (TPSA) is 45.0 Å². The zero-order valence-corrected chi connectivity index (χ0v) is 9.47. The van der Waals surface area contributed by atoms with E-state index in [9.17, 15) is 0 Å². The van der Waals surface area contributed by atoms with Crippen molar-refractivity contribution in [2.45, 2.75) is 13.3 Å². The second-order valence-corrected chi connectivity index (χ2v) is 3.34. The van der Waals surface area contributed by atoms with Crippen molar-refractivity contribution in [1.29, 1.82) is 5.26 Å². The maximum atomic E-state index is 8.53. The number of nitrogens with one attached hydrogen (secondary N) is 1. The van der Waals surface area contributed by atoms with Gasteiger partial charge in [-0.25, -0.2) is 0 Å². The van der Waals surface area contributed by atoms with Crippen molar-refractivity contribution in [3.05, 3.63) is 36.1 Å². The molecule has 3 nitrogen and oxygen atoms in total. The molecular weight excluding hydrogens is 188 g/mol. The highest BCUT2D eigenvalue weighted by atomic mass is 16.5. The van der Waals surface area contributed by atoms with Crippen LogP contribution in [0.1, 0.15) is 13.3 Å². The van der Waals surface area contributed by atoms with Crippen LogP contribution in [-0.2, 0) is 4.74 Å². The van der Waals surface area contributed by atoms with Crippen molar-refractivity contribution in [3.63, 3.8) is 0 Å². The van der Waals surface area contributed by atoms with Crippen LogP contribution >= 0.6 is 0 Å². The quantitative estimate of drug-likeness (QED) is 0.513. The van der Waals surface area contributed by atoms with Crippen LogP contribution in [0.2, 0.25) is 0 Å². The van der Waals surface area contributed by atoms with E-state index in [1.165, 1.54) is 0 Å². The van der Waals surface area contributed by atoms with Gasteiger partial charge in [-0.2, -0.15) is 5.26 Å². The lowest BCUT2D eigenvalue weighted by Crippen LogP contribution is -2.17. The Balaban J connectivity index is 3.78. The molecule has 82 valence electrons. The minimum Gasteiger partial charge on any atom is -0.387 e. The van der Waals surface area contributed by atoms with Gasteiger partial charge in [-0.3, -0.25) is 0 Å². The average Bonchev–Trinajstić information content (AvgIpc) is 2.18. The van der Waals surface area contributed by atoms with Gasteiger partial charge in [0.1, 0.15) is 0 Å². The van der Waals surface area contributed by atoms with Crippen molar-refractivity contribution >= 4 is 0 Å². The molecule has 0 aromatic rings. The summed E-state index contributed by atoms with van der Waals surface area (Å²) in [4.78, 5) is 0. The summed E-state index contributed by atoms with van der Waals surface area (Å²) in [5.74, 6) is 0. The maximum absolute atomic E-state index is 8.53. The second-order valence-electron chi connectivity index (χ2n) is 3.34. The van der Waals surface area contributed by atoms with Gasteiger partial charge in [-0.15, -0.1) is 0 Å². The normalized spacial score (nSPS) is 10.6. The highest BCUT2D eigenvalue weighted by Crippen LogP contribution is 2.03. The Morgan fingerprint density at radius 1 is 1.53 bits per heavy atom. The van der Waals surface area contributed by atoms with E-state index in [0.717, 1.165) is 24.2 Å². The molecule has 0 aliphatic heterocycles. The molecule has 0 spiro atoms. The van der Waals surface area contributed by atoms with Gasteiger partial charge in [-0.1, -0.05) is 18.7 Å². The van der Waals surface area contributed by atoms with E-state index in [1.807, 2.05) is 13.0 Å². The molecule has 0 fully saturated rings. The van der Waals surface area contributed by atoms with Crippen molar-refractivity contribution in [2.24, 2.45) is 0 Å². The summed E-state index contributed by atoms with van der Waals surface area (Å²) in [6.45, 7) is 10.7. The van der Waals surface area contributed by atoms with Crippen molar-refractivity contribution in [2.75, 3.05) is 20.3 Å². The molecule has 0 aliphatic rings. The van der Waals surface area contributed by atoms with Crippen LogP contribution in [0.25, 0.3) is 0 Å². The predicted octanol–water partition coefficient (Wildman–Crippen LogP) is 2.15. The number of nitrogens with zero attached hydrogens (tertiary/aromatic N) is 1. The Morgan fingerprint density at radius 2 is 2.20 bits per heavy atom. The van der Waals surface area contributed by atoms with Gasteiger partial charge in [-0.05, 0) is 19.4 Å². The Kier molecular flexibility index (Phi) is 7.04. The van der Waals surface area contributed by atoms with E-state index < -0.39 is 0 Å². The fourth-order valence-electron chi connectivity index (χ4n) is 1.06. The van der Waals surface area contributed by atoms with Gasteiger partial charge in [0, 0.05) is 24.9 Å². The van der Waals surface area contributed by atoms with Crippen molar-refractivity contribution in [3.8, 4) is 6.07 Å². The smallest absolute Gasteiger partial charge is 0.0985 e. The number of hydrogen-bond donors (Lipinski definition) is 1. The van der Waals surface area contributed by atoms with Crippen LogP contribution in [-0.4, -0.2) is 20.3 Å². The zero-order chi connectivity index (χ0) is 11.7. The fraction of sp³-hybridized carbons (Fsp3) is 0.417. The van der Waals surface area contributed by atoms with E-state index >= 15 is 0 Å². The number of hydrogen-bond acceptors (Lipinski definition) is 3. The van der Waals surface area contributed by atoms with Crippen LogP contribution in [0, 0.1) is 11.3 Å². The van der Waals surface area contributed by atoms with E-state index in [4.69, 9.17) is 10.00 Å². The Bertz CT molecular complexity index is 297. The van der Waals surface area contributed by atoms with Crippen molar-refractivity contribution < 1.29 is 4.74 Å². The molecule has 15 heavy (non-hydrogen) atoms. The minimum atomic E-state index is 0.489. The molecule has 0 saturated carbocycles. The summed E-state index contributed by atoms with van der Waals surface area (Å²) < 4.78 is 4.91. The van der Waals surface area contributed by atoms with Crippen LogP contribution in [0.5, 0.6) is 0 Å². The van der Waals surface area contributed by atoms with E-state index in [2.05, 4.69) is 18.5 Å². The van der Waals surface area contributed by atoms with Crippen molar-refractivity contribution in [1.82, 2.24) is 5.32 Å². The lowest BCUT2D eigenvalue weighted by atomic mass is 10.1. The molecule has 3 heteroatoms. The first-order chi connectivity index (χ1) is 7.10. The highest BCUT2D eigenvalue weighted by molar-refractivity contribution is 5.31. The summed E-state index contributed by atoms with van der Waals surface area (Å²) in [5, 5.41) is 11.7. The third-order valence-corrected chi connectivity index (χ3v) is 1.78. The molecular formula is C12H18N2O. The first-order valence-corrected chi connectivity index (χ1v) is 4.77. The molecule has 0 unspecified atom stereocenters. The fourth-order valence-corrected chi connectivity index (χ4v) is 1.06. The number of allylic oxidation sites excluding steroid dienone is 2. The minimum absolute atomic E-state index is 0.489. The first-order valence-electron chi connectivity index (χ1n) is 4.77. The lowest BCUT2D eigenvalue weighted by Gasteiger charge is -2.08. The third-order valence-electron chi connectivity index (χ3n) is 1.78. The summed E-state index contributed by atoms with van der Waals surface area (Å²) in [6, 6.07) is 1.99. The van der Waals surface area contributed by atoms with Gasteiger partial charge in [0.05, 0.1) is 12.7 Å². The van der Waals surface area contributed by atoms with E-state index in [-0.39, 0.29) is 0 Å². The monoisotopic (exact) mass is 206 g/mol. The van der Waals surface area contributed by atoms with Gasteiger partial charge >= 0.3 is 0 Å². The number of nitriles is 1. The molecule has 0 radical (unpaired) electrons. The van der Waals surface area contributed by atoms with Gasteiger partial charge < -0.3 is 10.1 Å².